The van der Waals surface area contributed by atoms with Gasteiger partial charge in [0.25, 0.3) is 10.0 Å². The highest BCUT2D eigenvalue weighted by molar-refractivity contribution is 7.92. The van der Waals surface area contributed by atoms with Gasteiger partial charge in [-0.2, -0.15) is 0 Å². The third-order valence-corrected chi connectivity index (χ3v) is 7.18. The van der Waals surface area contributed by atoms with Gasteiger partial charge in [-0.15, -0.1) is 0 Å². The molecule has 1 N–H and O–H groups in total. The summed E-state index contributed by atoms with van der Waals surface area (Å²) in [5.41, 5.74) is 0.923. The number of rotatable bonds is 12. The molecule has 9 nitrogen and oxygen atoms in total. The lowest BCUT2D eigenvalue weighted by molar-refractivity contribution is -0.114. The molecule has 0 heterocycles. The van der Waals surface area contributed by atoms with Crippen LogP contribution in [0, 0.1) is 0 Å². The summed E-state index contributed by atoms with van der Waals surface area (Å²) in [5.74, 6) is -0.346. The van der Waals surface area contributed by atoms with Crippen molar-refractivity contribution in [2.45, 2.75) is 24.7 Å². The molecule has 0 fully saturated rings. The fraction of sp³-hybridized carbons (Fsp3) is 0.259. The number of benzene rings is 3. The predicted octanol–water partition coefficient (Wildman–Crippen LogP) is 4.49. The Kier molecular flexibility index (Phi) is 9.51. The SMILES string of the molecule is CCCCOC(=O)c1ccc(NC(=O)CN(c2ccc(OC)cc2OC)S(=O)(=O)c2ccccc2)cc1. The molecule has 0 atom stereocenters. The van der Waals surface area contributed by atoms with Crippen LogP contribution in [0.4, 0.5) is 11.4 Å². The van der Waals surface area contributed by atoms with Gasteiger partial charge < -0.3 is 19.5 Å². The zero-order valence-corrected chi connectivity index (χ0v) is 21.8. The van der Waals surface area contributed by atoms with Crippen LogP contribution in [-0.4, -0.2) is 47.7 Å². The molecule has 10 heteroatoms. The summed E-state index contributed by atoms with van der Waals surface area (Å²) in [6.07, 6.45) is 1.69. The predicted molar refractivity (Wildman–Crippen MR) is 141 cm³/mol. The standard InChI is InChI=1S/C27H30N2O7S/c1-4-5-17-36-27(31)20-11-13-21(14-12-20)28-26(30)19-29(37(32,33)23-9-7-6-8-10-23)24-16-15-22(34-2)18-25(24)35-3/h6-16,18H,4-5,17,19H2,1-3H3,(H,28,30). The van der Waals surface area contributed by atoms with Gasteiger partial charge in [-0.25, -0.2) is 13.2 Å². The highest BCUT2D eigenvalue weighted by atomic mass is 32.2. The quantitative estimate of drug-likeness (QED) is 0.273. The van der Waals surface area contributed by atoms with Crippen LogP contribution in [0.3, 0.4) is 0 Å². The van der Waals surface area contributed by atoms with Crippen molar-refractivity contribution in [2.24, 2.45) is 0 Å². The molecule has 1 amide bonds. The Balaban J connectivity index is 1.85. The Morgan fingerprint density at radius 2 is 1.62 bits per heavy atom. The molecule has 3 aromatic carbocycles. The minimum absolute atomic E-state index is 0.0200. The molecule has 0 aliphatic carbocycles. The summed E-state index contributed by atoms with van der Waals surface area (Å²) in [4.78, 5) is 25.1. The summed E-state index contributed by atoms with van der Waals surface area (Å²) in [5, 5.41) is 2.68. The summed E-state index contributed by atoms with van der Waals surface area (Å²) >= 11 is 0. The average Bonchev–Trinajstić information content (AvgIpc) is 2.92. The van der Waals surface area contributed by atoms with E-state index in [1.54, 1.807) is 42.5 Å². The van der Waals surface area contributed by atoms with Crippen LogP contribution in [0.1, 0.15) is 30.1 Å². The first-order valence-electron chi connectivity index (χ1n) is 11.7. The maximum absolute atomic E-state index is 13.6. The van der Waals surface area contributed by atoms with Crippen LogP contribution in [0.2, 0.25) is 0 Å². The molecule has 37 heavy (non-hydrogen) atoms. The van der Waals surface area contributed by atoms with Gasteiger partial charge in [0.05, 0.1) is 37.0 Å². The third-order valence-electron chi connectivity index (χ3n) is 5.41. The number of amides is 1. The van der Waals surface area contributed by atoms with Crippen molar-refractivity contribution in [3.05, 3.63) is 78.4 Å². The van der Waals surface area contributed by atoms with Gasteiger partial charge in [0, 0.05) is 11.8 Å². The summed E-state index contributed by atoms with van der Waals surface area (Å²) < 4.78 is 44.0. The number of hydrogen-bond donors (Lipinski definition) is 1. The van der Waals surface area contributed by atoms with Gasteiger partial charge >= 0.3 is 5.97 Å². The van der Waals surface area contributed by atoms with Crippen molar-refractivity contribution in [1.82, 2.24) is 0 Å². The van der Waals surface area contributed by atoms with Gasteiger partial charge in [-0.1, -0.05) is 31.5 Å². The average molecular weight is 527 g/mol. The molecule has 3 rings (SSSR count). The molecule has 0 spiro atoms. The molecule has 0 aliphatic heterocycles. The van der Waals surface area contributed by atoms with Gasteiger partial charge in [-0.3, -0.25) is 9.10 Å². The number of sulfonamides is 1. The van der Waals surface area contributed by atoms with E-state index in [4.69, 9.17) is 14.2 Å². The van der Waals surface area contributed by atoms with E-state index in [1.165, 1.54) is 44.6 Å². The molecule has 196 valence electrons. The number of hydrogen-bond acceptors (Lipinski definition) is 7. The van der Waals surface area contributed by atoms with E-state index in [2.05, 4.69) is 5.32 Å². The molecule has 0 aromatic heterocycles. The number of esters is 1. The number of carbonyl (C=O) groups excluding carboxylic acids is 2. The Morgan fingerprint density at radius 3 is 2.24 bits per heavy atom. The van der Waals surface area contributed by atoms with E-state index in [-0.39, 0.29) is 16.3 Å². The summed E-state index contributed by atoms with van der Waals surface area (Å²) in [6, 6.07) is 18.6. The number of ether oxygens (including phenoxy) is 3. The van der Waals surface area contributed by atoms with Crippen LogP contribution in [0.15, 0.2) is 77.7 Å². The van der Waals surface area contributed by atoms with Crippen LogP contribution in [0.25, 0.3) is 0 Å². The van der Waals surface area contributed by atoms with Crippen LogP contribution in [0.5, 0.6) is 11.5 Å². The minimum Gasteiger partial charge on any atom is -0.497 e. The lowest BCUT2D eigenvalue weighted by Crippen LogP contribution is -2.38. The molecule has 0 saturated carbocycles. The van der Waals surface area contributed by atoms with Crippen molar-refractivity contribution in [2.75, 3.05) is 37.0 Å². The van der Waals surface area contributed by atoms with Crippen molar-refractivity contribution in [3.8, 4) is 11.5 Å². The number of anilines is 2. The first-order valence-corrected chi connectivity index (χ1v) is 13.1. The highest BCUT2D eigenvalue weighted by Crippen LogP contribution is 2.35. The van der Waals surface area contributed by atoms with Crippen molar-refractivity contribution >= 4 is 33.3 Å². The third kappa shape index (κ3) is 7.01. The normalized spacial score (nSPS) is 10.9. The topological polar surface area (TPSA) is 111 Å². The van der Waals surface area contributed by atoms with Gasteiger partial charge in [0.15, 0.2) is 0 Å². The minimum atomic E-state index is -4.13. The zero-order valence-electron chi connectivity index (χ0n) is 21.0. The monoisotopic (exact) mass is 526 g/mol. The van der Waals surface area contributed by atoms with Gasteiger partial charge in [-0.05, 0) is 55.0 Å². The lowest BCUT2D eigenvalue weighted by Gasteiger charge is -2.26. The molecule has 0 radical (unpaired) electrons. The highest BCUT2D eigenvalue weighted by Gasteiger charge is 2.29. The smallest absolute Gasteiger partial charge is 0.338 e. The Labute approximate surface area is 217 Å². The second-order valence-electron chi connectivity index (χ2n) is 7.98. The summed E-state index contributed by atoms with van der Waals surface area (Å²) in [7, 11) is -1.25. The fourth-order valence-electron chi connectivity index (χ4n) is 3.42. The number of nitrogens with zero attached hydrogens (tertiary/aromatic N) is 1. The van der Waals surface area contributed by atoms with Crippen molar-refractivity contribution < 1.29 is 32.2 Å². The van der Waals surface area contributed by atoms with E-state index in [0.717, 1.165) is 17.1 Å². The number of methoxy groups -OCH3 is 2. The van der Waals surface area contributed by atoms with E-state index >= 15 is 0 Å². The van der Waals surface area contributed by atoms with Gasteiger partial charge in [0.2, 0.25) is 5.91 Å². The van der Waals surface area contributed by atoms with E-state index < -0.39 is 28.4 Å². The summed E-state index contributed by atoms with van der Waals surface area (Å²) in [6.45, 7) is 1.82. The van der Waals surface area contributed by atoms with Crippen LogP contribution >= 0.6 is 0 Å². The first kappa shape index (κ1) is 27.5. The maximum atomic E-state index is 13.6. The molecule has 0 unspecified atom stereocenters. The fourth-order valence-corrected chi connectivity index (χ4v) is 4.88. The molecular weight excluding hydrogens is 496 g/mol. The Bertz CT molecular complexity index is 1310. The maximum Gasteiger partial charge on any atom is 0.338 e. The second kappa shape index (κ2) is 12.8. The largest absolute Gasteiger partial charge is 0.497 e. The zero-order chi connectivity index (χ0) is 26.8. The molecule has 0 bridgehead atoms. The number of nitrogens with one attached hydrogen (secondary N) is 1. The molecular formula is C27H30N2O7S. The molecule has 0 saturated heterocycles. The van der Waals surface area contributed by atoms with E-state index in [0.29, 0.717) is 23.6 Å². The first-order chi connectivity index (χ1) is 17.8. The van der Waals surface area contributed by atoms with Crippen molar-refractivity contribution in [1.29, 1.82) is 0 Å². The molecule has 0 aliphatic rings. The van der Waals surface area contributed by atoms with E-state index in [9.17, 15) is 18.0 Å². The van der Waals surface area contributed by atoms with Crippen molar-refractivity contribution in [3.63, 3.8) is 0 Å². The second-order valence-corrected chi connectivity index (χ2v) is 9.84. The molecule has 3 aromatic rings. The lowest BCUT2D eigenvalue weighted by atomic mass is 10.2. The van der Waals surface area contributed by atoms with Gasteiger partial charge in [0.1, 0.15) is 18.0 Å². The Morgan fingerprint density at radius 1 is 0.919 bits per heavy atom. The van der Waals surface area contributed by atoms with Crippen LogP contribution < -0.4 is 19.1 Å². The number of carbonyl (C=O) groups is 2. The number of unbranched alkanes of at least 4 members (excludes halogenated alkanes) is 1. The van der Waals surface area contributed by atoms with E-state index in [1.807, 2.05) is 6.92 Å². The van der Waals surface area contributed by atoms with Crippen LogP contribution in [-0.2, 0) is 19.6 Å². The Hall–Kier alpha value is -4.05.